The Labute approximate surface area is 108 Å². The van der Waals surface area contributed by atoms with Gasteiger partial charge in [-0.1, -0.05) is 24.8 Å². The van der Waals surface area contributed by atoms with E-state index in [-0.39, 0.29) is 5.83 Å². The van der Waals surface area contributed by atoms with E-state index in [9.17, 15) is 4.39 Å². The smallest absolute Gasteiger partial charge is 0.128 e. The highest BCUT2D eigenvalue weighted by molar-refractivity contribution is 5.54. The fraction of sp³-hybridized carbons (Fsp3) is 0.250. The van der Waals surface area contributed by atoms with Gasteiger partial charge in [0, 0.05) is 17.8 Å². The topological polar surface area (TPSA) is 12.0 Å². The predicted molar refractivity (Wildman–Crippen MR) is 75.4 cm³/mol. The van der Waals surface area contributed by atoms with Crippen molar-refractivity contribution in [2.24, 2.45) is 0 Å². The van der Waals surface area contributed by atoms with Gasteiger partial charge in [0.2, 0.25) is 0 Å². The molecule has 0 spiro atoms. The SMILES string of the molecule is C=C1C=C(F)C(CNc2cc(C)ccc2C)=CC1. The number of nitrogens with one attached hydrogen (secondary N) is 1. The van der Waals surface area contributed by atoms with Gasteiger partial charge in [-0.2, -0.15) is 0 Å². The molecule has 0 aromatic heterocycles. The van der Waals surface area contributed by atoms with E-state index in [1.54, 1.807) is 0 Å². The molecule has 94 valence electrons. The van der Waals surface area contributed by atoms with Gasteiger partial charge in [0.25, 0.3) is 0 Å². The summed E-state index contributed by atoms with van der Waals surface area (Å²) < 4.78 is 13.7. The molecule has 0 aliphatic heterocycles. The number of allylic oxidation sites excluding steroid dienone is 3. The minimum Gasteiger partial charge on any atom is -0.381 e. The van der Waals surface area contributed by atoms with Gasteiger partial charge in [-0.3, -0.25) is 0 Å². The zero-order valence-electron chi connectivity index (χ0n) is 10.9. The van der Waals surface area contributed by atoms with Crippen LogP contribution in [0, 0.1) is 13.8 Å². The van der Waals surface area contributed by atoms with E-state index in [2.05, 4.69) is 37.0 Å². The van der Waals surface area contributed by atoms with Crippen molar-refractivity contribution in [1.82, 2.24) is 0 Å². The highest BCUT2D eigenvalue weighted by Crippen LogP contribution is 2.24. The summed E-state index contributed by atoms with van der Waals surface area (Å²) in [4.78, 5) is 0. The average Bonchev–Trinajstić information content (AvgIpc) is 2.32. The number of aryl methyl sites for hydroxylation is 2. The number of halogens is 1. The lowest BCUT2D eigenvalue weighted by Crippen LogP contribution is -2.08. The van der Waals surface area contributed by atoms with E-state index in [1.807, 2.05) is 13.0 Å². The van der Waals surface area contributed by atoms with Crippen molar-refractivity contribution in [3.05, 3.63) is 65.0 Å². The van der Waals surface area contributed by atoms with Gasteiger partial charge in [-0.15, -0.1) is 0 Å². The zero-order valence-corrected chi connectivity index (χ0v) is 10.9. The van der Waals surface area contributed by atoms with Gasteiger partial charge >= 0.3 is 0 Å². The molecule has 1 nitrogen and oxygen atoms in total. The first kappa shape index (κ1) is 12.6. The maximum atomic E-state index is 13.7. The van der Waals surface area contributed by atoms with E-state index < -0.39 is 0 Å². The summed E-state index contributed by atoms with van der Waals surface area (Å²) in [5, 5.41) is 3.29. The molecule has 0 unspecified atom stereocenters. The third-order valence-corrected chi connectivity index (χ3v) is 3.11. The zero-order chi connectivity index (χ0) is 13.1. The summed E-state index contributed by atoms with van der Waals surface area (Å²) in [5.41, 5.74) is 4.97. The van der Waals surface area contributed by atoms with Crippen LogP contribution in [0.3, 0.4) is 0 Å². The van der Waals surface area contributed by atoms with Crippen LogP contribution in [0.4, 0.5) is 10.1 Å². The Balaban J connectivity index is 2.06. The van der Waals surface area contributed by atoms with Crippen molar-refractivity contribution in [2.75, 3.05) is 11.9 Å². The Morgan fingerprint density at radius 2 is 2.11 bits per heavy atom. The largest absolute Gasteiger partial charge is 0.381 e. The second-order valence-corrected chi connectivity index (χ2v) is 4.76. The van der Waals surface area contributed by atoms with Crippen molar-refractivity contribution < 1.29 is 4.39 Å². The number of benzene rings is 1. The molecule has 18 heavy (non-hydrogen) atoms. The lowest BCUT2D eigenvalue weighted by Gasteiger charge is -2.15. The Kier molecular flexibility index (Phi) is 3.66. The molecular formula is C16H18FN. The first-order chi connectivity index (χ1) is 8.56. The van der Waals surface area contributed by atoms with Crippen molar-refractivity contribution >= 4 is 5.69 Å². The Bertz CT molecular complexity index is 538. The van der Waals surface area contributed by atoms with E-state index in [1.165, 1.54) is 17.2 Å². The molecule has 1 aromatic rings. The standard InChI is InChI=1S/C16H18FN/c1-11-5-7-14(15(17)8-11)10-18-16-9-12(2)4-6-13(16)3/h4,6-9,18H,1,5,10H2,2-3H3. The molecule has 0 bridgehead atoms. The predicted octanol–water partition coefficient (Wildman–Crippen LogP) is 4.46. The molecule has 1 aliphatic carbocycles. The van der Waals surface area contributed by atoms with Crippen LogP contribution in [0.25, 0.3) is 0 Å². The van der Waals surface area contributed by atoms with Crippen LogP contribution in [0.2, 0.25) is 0 Å². The maximum absolute atomic E-state index is 13.7. The number of hydrogen-bond acceptors (Lipinski definition) is 1. The monoisotopic (exact) mass is 243 g/mol. The van der Waals surface area contributed by atoms with Crippen LogP contribution in [-0.2, 0) is 0 Å². The molecule has 2 rings (SSSR count). The normalized spacial score (nSPS) is 15.2. The van der Waals surface area contributed by atoms with Gasteiger partial charge in [0.15, 0.2) is 0 Å². The molecule has 0 amide bonds. The first-order valence-corrected chi connectivity index (χ1v) is 6.12. The molecule has 0 saturated carbocycles. The van der Waals surface area contributed by atoms with Crippen LogP contribution in [0.15, 0.2) is 53.9 Å². The molecule has 0 radical (unpaired) electrons. The third-order valence-electron chi connectivity index (χ3n) is 3.11. The van der Waals surface area contributed by atoms with Gasteiger partial charge in [0.1, 0.15) is 5.83 Å². The summed E-state index contributed by atoms with van der Waals surface area (Å²) >= 11 is 0. The molecule has 0 atom stereocenters. The summed E-state index contributed by atoms with van der Waals surface area (Å²) in [5.74, 6) is -0.177. The van der Waals surface area contributed by atoms with E-state index in [0.717, 1.165) is 17.7 Å². The van der Waals surface area contributed by atoms with Gasteiger partial charge < -0.3 is 5.32 Å². The van der Waals surface area contributed by atoms with Crippen molar-refractivity contribution in [3.8, 4) is 0 Å². The first-order valence-electron chi connectivity index (χ1n) is 6.12. The molecule has 0 heterocycles. The average molecular weight is 243 g/mol. The Hall–Kier alpha value is -1.83. The lowest BCUT2D eigenvalue weighted by molar-refractivity contribution is 0.642. The van der Waals surface area contributed by atoms with E-state index >= 15 is 0 Å². The molecule has 0 fully saturated rings. The van der Waals surface area contributed by atoms with Crippen LogP contribution >= 0.6 is 0 Å². The van der Waals surface area contributed by atoms with Crippen molar-refractivity contribution in [1.29, 1.82) is 0 Å². The summed E-state index contributed by atoms with van der Waals surface area (Å²) in [6.45, 7) is 8.37. The Morgan fingerprint density at radius 1 is 1.33 bits per heavy atom. The van der Waals surface area contributed by atoms with E-state index in [0.29, 0.717) is 12.1 Å². The van der Waals surface area contributed by atoms with Gasteiger partial charge in [-0.25, -0.2) is 4.39 Å². The minimum atomic E-state index is -0.177. The van der Waals surface area contributed by atoms with Crippen molar-refractivity contribution in [3.63, 3.8) is 0 Å². The fourth-order valence-corrected chi connectivity index (χ4v) is 1.96. The Morgan fingerprint density at radius 3 is 2.83 bits per heavy atom. The summed E-state index contributed by atoms with van der Waals surface area (Å²) in [6, 6.07) is 6.23. The highest BCUT2D eigenvalue weighted by atomic mass is 19.1. The number of hydrogen-bond donors (Lipinski definition) is 1. The molecule has 1 N–H and O–H groups in total. The molecule has 0 saturated heterocycles. The fourth-order valence-electron chi connectivity index (χ4n) is 1.96. The second-order valence-electron chi connectivity index (χ2n) is 4.76. The van der Waals surface area contributed by atoms with Gasteiger partial charge in [-0.05, 0) is 49.1 Å². The van der Waals surface area contributed by atoms with Crippen LogP contribution in [-0.4, -0.2) is 6.54 Å². The van der Waals surface area contributed by atoms with Gasteiger partial charge in [0.05, 0.1) is 0 Å². The second kappa shape index (κ2) is 5.21. The lowest BCUT2D eigenvalue weighted by atomic mass is 10.0. The maximum Gasteiger partial charge on any atom is 0.128 e. The van der Waals surface area contributed by atoms with Crippen LogP contribution in [0.1, 0.15) is 17.5 Å². The summed E-state index contributed by atoms with van der Waals surface area (Å²) in [6.07, 6.45) is 4.15. The van der Waals surface area contributed by atoms with Crippen molar-refractivity contribution in [2.45, 2.75) is 20.3 Å². The minimum absolute atomic E-state index is 0.177. The summed E-state index contributed by atoms with van der Waals surface area (Å²) in [7, 11) is 0. The quantitative estimate of drug-likeness (QED) is 0.826. The molecule has 1 aromatic carbocycles. The molecular weight excluding hydrogens is 225 g/mol. The number of rotatable bonds is 3. The van der Waals surface area contributed by atoms with Crippen LogP contribution in [0.5, 0.6) is 0 Å². The molecule has 2 heteroatoms. The van der Waals surface area contributed by atoms with E-state index in [4.69, 9.17) is 0 Å². The number of anilines is 1. The third kappa shape index (κ3) is 2.89. The van der Waals surface area contributed by atoms with Crippen LogP contribution < -0.4 is 5.32 Å². The highest BCUT2D eigenvalue weighted by Gasteiger charge is 2.10. The molecule has 1 aliphatic rings.